The van der Waals surface area contributed by atoms with Crippen molar-refractivity contribution in [2.45, 2.75) is 51.3 Å². The molecule has 1 fully saturated rings. The van der Waals surface area contributed by atoms with Crippen LogP contribution in [0.15, 0.2) is 36.5 Å². The van der Waals surface area contributed by atoms with Crippen LogP contribution in [0.2, 0.25) is 0 Å². The first kappa shape index (κ1) is 21.1. The van der Waals surface area contributed by atoms with Crippen LogP contribution in [0.3, 0.4) is 0 Å². The fourth-order valence-corrected chi connectivity index (χ4v) is 3.55. The van der Waals surface area contributed by atoms with Gasteiger partial charge in [-0.2, -0.15) is 0 Å². The second kappa shape index (κ2) is 11.4. The summed E-state index contributed by atoms with van der Waals surface area (Å²) in [5.74, 6) is 0.816. The number of methoxy groups -OCH3 is 1. The molecule has 1 unspecified atom stereocenters. The van der Waals surface area contributed by atoms with Crippen LogP contribution in [0.5, 0.6) is 5.75 Å². The standard InChI is InChI=1S/C21H31N5O3/c1-28-15-7-12-22-21(27)26-13-6-5-8-19(26)11-14-25-16-18(23-24-25)17-29-20-9-3-2-4-10-20/h2-4,9-10,16,19H,5-8,11-15,17H2,1H3,(H,22,27). The van der Waals surface area contributed by atoms with Crippen LogP contribution in [-0.2, 0) is 17.9 Å². The van der Waals surface area contributed by atoms with Crippen LogP contribution in [0.4, 0.5) is 4.79 Å². The average molecular weight is 402 g/mol. The zero-order valence-corrected chi connectivity index (χ0v) is 17.1. The molecule has 2 amide bonds. The molecule has 1 aliphatic rings. The number of hydrogen-bond acceptors (Lipinski definition) is 5. The fourth-order valence-electron chi connectivity index (χ4n) is 3.55. The smallest absolute Gasteiger partial charge is 0.317 e. The molecule has 29 heavy (non-hydrogen) atoms. The molecule has 0 spiro atoms. The molecule has 0 radical (unpaired) electrons. The maximum atomic E-state index is 12.5. The van der Waals surface area contributed by atoms with Crippen molar-refractivity contribution in [3.63, 3.8) is 0 Å². The number of amides is 2. The average Bonchev–Trinajstić information content (AvgIpc) is 3.22. The molecule has 0 aliphatic carbocycles. The zero-order valence-electron chi connectivity index (χ0n) is 17.1. The third-order valence-corrected chi connectivity index (χ3v) is 5.10. The van der Waals surface area contributed by atoms with Crippen molar-refractivity contribution in [2.75, 3.05) is 26.8 Å². The summed E-state index contributed by atoms with van der Waals surface area (Å²) in [5, 5.41) is 11.4. The quantitative estimate of drug-likeness (QED) is 0.619. The van der Waals surface area contributed by atoms with Gasteiger partial charge in [0, 0.05) is 39.4 Å². The van der Waals surface area contributed by atoms with E-state index < -0.39 is 0 Å². The molecule has 2 heterocycles. The van der Waals surface area contributed by atoms with E-state index in [9.17, 15) is 4.79 Å². The van der Waals surface area contributed by atoms with Crippen molar-refractivity contribution in [1.82, 2.24) is 25.2 Å². The van der Waals surface area contributed by atoms with Gasteiger partial charge in [-0.3, -0.25) is 4.68 Å². The zero-order chi connectivity index (χ0) is 20.3. The predicted octanol–water partition coefficient (Wildman–Crippen LogP) is 2.85. The molecule has 0 bridgehead atoms. The monoisotopic (exact) mass is 401 g/mol. The maximum Gasteiger partial charge on any atom is 0.317 e. The van der Waals surface area contributed by atoms with E-state index in [1.807, 2.05) is 46.1 Å². The molecule has 2 aromatic rings. The number of benzene rings is 1. The summed E-state index contributed by atoms with van der Waals surface area (Å²) < 4.78 is 12.6. The lowest BCUT2D eigenvalue weighted by Crippen LogP contribution is -2.49. The molecule has 158 valence electrons. The molecule has 1 aromatic heterocycles. The second-order valence-electron chi connectivity index (χ2n) is 7.28. The Morgan fingerprint density at radius 3 is 2.97 bits per heavy atom. The van der Waals surface area contributed by atoms with Gasteiger partial charge >= 0.3 is 6.03 Å². The Morgan fingerprint density at radius 1 is 1.28 bits per heavy atom. The van der Waals surface area contributed by atoms with Crippen molar-refractivity contribution in [3.8, 4) is 5.75 Å². The molecule has 1 saturated heterocycles. The Bertz CT molecular complexity index is 737. The predicted molar refractivity (Wildman–Crippen MR) is 110 cm³/mol. The van der Waals surface area contributed by atoms with Crippen molar-refractivity contribution in [3.05, 3.63) is 42.2 Å². The van der Waals surface area contributed by atoms with Crippen LogP contribution in [0, 0.1) is 0 Å². The molecule has 1 aliphatic heterocycles. The van der Waals surface area contributed by atoms with E-state index in [0.29, 0.717) is 19.8 Å². The van der Waals surface area contributed by atoms with Crippen LogP contribution < -0.4 is 10.1 Å². The highest BCUT2D eigenvalue weighted by molar-refractivity contribution is 5.74. The summed E-state index contributed by atoms with van der Waals surface area (Å²) in [6, 6.07) is 9.94. The number of nitrogens with zero attached hydrogens (tertiary/aromatic N) is 4. The van der Waals surface area contributed by atoms with E-state index in [1.165, 1.54) is 0 Å². The number of piperidine rings is 1. The van der Waals surface area contributed by atoms with Crippen molar-refractivity contribution in [2.24, 2.45) is 0 Å². The van der Waals surface area contributed by atoms with Crippen LogP contribution in [-0.4, -0.2) is 58.8 Å². The number of aromatic nitrogens is 3. The molecule has 3 rings (SSSR count). The highest BCUT2D eigenvalue weighted by atomic mass is 16.5. The fraction of sp³-hybridized carbons (Fsp3) is 0.571. The Morgan fingerprint density at radius 2 is 2.14 bits per heavy atom. The number of nitrogens with one attached hydrogen (secondary N) is 1. The molecular weight excluding hydrogens is 370 g/mol. The van der Waals surface area contributed by atoms with E-state index in [4.69, 9.17) is 9.47 Å². The van der Waals surface area contributed by atoms with Gasteiger partial charge in [0.15, 0.2) is 0 Å². The highest BCUT2D eigenvalue weighted by Gasteiger charge is 2.26. The van der Waals surface area contributed by atoms with Gasteiger partial charge in [0.1, 0.15) is 18.1 Å². The van der Waals surface area contributed by atoms with E-state index in [1.54, 1.807) is 7.11 Å². The summed E-state index contributed by atoms with van der Waals surface area (Å²) in [5.41, 5.74) is 0.797. The van der Waals surface area contributed by atoms with Crippen molar-refractivity contribution in [1.29, 1.82) is 0 Å². The summed E-state index contributed by atoms with van der Waals surface area (Å²) in [4.78, 5) is 14.5. The van der Waals surface area contributed by atoms with Crippen LogP contribution in [0.1, 0.15) is 37.8 Å². The lowest BCUT2D eigenvalue weighted by Gasteiger charge is -2.35. The number of likely N-dealkylation sites (tertiary alicyclic amines) is 1. The SMILES string of the molecule is COCCCNC(=O)N1CCCCC1CCn1cc(COc2ccccc2)nn1. The van der Waals surface area contributed by atoms with Gasteiger partial charge < -0.3 is 19.7 Å². The lowest BCUT2D eigenvalue weighted by atomic mass is 10.00. The van der Waals surface area contributed by atoms with Gasteiger partial charge in [0.05, 0.1) is 6.20 Å². The normalized spacial score (nSPS) is 16.6. The molecule has 1 N–H and O–H groups in total. The number of hydrogen-bond donors (Lipinski definition) is 1. The van der Waals surface area contributed by atoms with E-state index >= 15 is 0 Å². The largest absolute Gasteiger partial charge is 0.487 e. The van der Waals surface area contributed by atoms with Gasteiger partial charge in [-0.1, -0.05) is 23.4 Å². The van der Waals surface area contributed by atoms with E-state index in [-0.39, 0.29) is 12.1 Å². The molecule has 8 heteroatoms. The molecule has 8 nitrogen and oxygen atoms in total. The Hall–Kier alpha value is -2.61. The molecule has 1 atom stereocenters. The molecule has 0 saturated carbocycles. The van der Waals surface area contributed by atoms with Gasteiger partial charge in [0.25, 0.3) is 0 Å². The lowest BCUT2D eigenvalue weighted by molar-refractivity contribution is 0.141. The second-order valence-corrected chi connectivity index (χ2v) is 7.28. The van der Waals surface area contributed by atoms with E-state index in [2.05, 4.69) is 15.6 Å². The third kappa shape index (κ3) is 6.74. The first-order valence-electron chi connectivity index (χ1n) is 10.4. The van der Waals surface area contributed by atoms with Crippen molar-refractivity contribution >= 4 is 6.03 Å². The van der Waals surface area contributed by atoms with Crippen molar-refractivity contribution < 1.29 is 14.3 Å². The minimum atomic E-state index is 0.0290. The van der Waals surface area contributed by atoms with Gasteiger partial charge in [-0.15, -0.1) is 5.10 Å². The summed E-state index contributed by atoms with van der Waals surface area (Å²) in [7, 11) is 1.67. The number of carbonyl (C=O) groups excluding carboxylic acids is 1. The topological polar surface area (TPSA) is 81.5 Å². The Labute approximate surface area is 172 Å². The highest BCUT2D eigenvalue weighted by Crippen LogP contribution is 2.20. The van der Waals surface area contributed by atoms with Gasteiger partial charge in [0.2, 0.25) is 0 Å². The summed E-state index contributed by atoms with van der Waals surface area (Å²) in [6.07, 6.45) is 6.87. The third-order valence-electron chi connectivity index (χ3n) is 5.10. The van der Waals surface area contributed by atoms with Gasteiger partial charge in [-0.25, -0.2) is 4.79 Å². The first-order valence-corrected chi connectivity index (χ1v) is 10.4. The Kier molecular flexibility index (Phi) is 8.30. The number of urea groups is 1. The maximum absolute atomic E-state index is 12.5. The van der Waals surface area contributed by atoms with E-state index in [0.717, 1.165) is 56.6 Å². The summed E-state index contributed by atoms with van der Waals surface area (Å²) >= 11 is 0. The first-order chi connectivity index (χ1) is 14.3. The molecule has 1 aromatic carbocycles. The number of carbonyl (C=O) groups is 1. The minimum absolute atomic E-state index is 0.0290. The number of aryl methyl sites for hydroxylation is 1. The Balaban J connectivity index is 1.45. The summed E-state index contributed by atoms with van der Waals surface area (Å²) in [6.45, 7) is 3.24. The number of rotatable bonds is 10. The van der Waals surface area contributed by atoms with Gasteiger partial charge in [-0.05, 0) is 44.2 Å². The van der Waals surface area contributed by atoms with Crippen LogP contribution >= 0.6 is 0 Å². The minimum Gasteiger partial charge on any atom is -0.487 e. The molecular formula is C21H31N5O3. The van der Waals surface area contributed by atoms with Crippen LogP contribution in [0.25, 0.3) is 0 Å². The number of ether oxygens (including phenoxy) is 2. The number of para-hydroxylation sites is 1.